The van der Waals surface area contributed by atoms with Gasteiger partial charge in [-0.3, -0.25) is 0 Å². The molecule has 0 bridgehead atoms. The molecule has 0 saturated heterocycles. The van der Waals surface area contributed by atoms with Crippen molar-refractivity contribution in [3.8, 4) is 0 Å². The molecule has 2 heteroatoms. The predicted octanol–water partition coefficient (Wildman–Crippen LogP) is 9.89. The van der Waals surface area contributed by atoms with Crippen molar-refractivity contribution >= 4 is 0 Å². The van der Waals surface area contributed by atoms with E-state index < -0.39 is 5.60 Å². The van der Waals surface area contributed by atoms with Gasteiger partial charge in [0.1, 0.15) is 0 Å². The molecule has 0 amide bonds. The Hall–Kier alpha value is -0.0800. The molecular weight excluding hydrogens is 392 g/mol. The van der Waals surface area contributed by atoms with Crippen LogP contribution in [0.5, 0.6) is 0 Å². The van der Waals surface area contributed by atoms with Crippen LogP contribution in [0.4, 0.5) is 0 Å². The molecule has 0 unspecified atom stereocenters. The normalized spacial score (nSPS) is 12.0. The summed E-state index contributed by atoms with van der Waals surface area (Å²) in [4.78, 5) is 0. The minimum atomic E-state index is -0.449. The molecule has 32 heavy (non-hydrogen) atoms. The highest BCUT2D eigenvalue weighted by Gasteiger charge is 2.25. The van der Waals surface area contributed by atoms with E-state index in [9.17, 15) is 5.11 Å². The van der Waals surface area contributed by atoms with Crippen LogP contribution in [0.1, 0.15) is 181 Å². The highest BCUT2D eigenvalue weighted by atomic mass is 16.3. The fourth-order valence-electron chi connectivity index (χ4n) is 5.00. The van der Waals surface area contributed by atoms with Crippen LogP contribution >= 0.6 is 0 Å². The molecule has 0 spiro atoms. The highest BCUT2D eigenvalue weighted by Crippen LogP contribution is 2.29. The lowest BCUT2D eigenvalue weighted by atomic mass is 9.85. The van der Waals surface area contributed by atoms with Crippen LogP contribution in [0, 0.1) is 0 Å². The zero-order valence-corrected chi connectivity index (χ0v) is 22.5. The molecule has 0 aromatic heterocycles. The SMILES string of the molecule is CCCCCCCCCCCCC(O)(CCCCCO)CCCCCCCCCCCC. The topological polar surface area (TPSA) is 40.5 Å². The third kappa shape index (κ3) is 23.1. The Morgan fingerprint density at radius 1 is 0.375 bits per heavy atom. The lowest BCUT2D eigenvalue weighted by molar-refractivity contribution is 0.00682. The number of rotatable bonds is 27. The van der Waals surface area contributed by atoms with Gasteiger partial charge in [0.25, 0.3) is 0 Å². The average molecular weight is 455 g/mol. The smallest absolute Gasteiger partial charge is 0.0647 e. The number of unbranched alkanes of at least 4 members (excludes halogenated alkanes) is 20. The number of hydrogen-bond donors (Lipinski definition) is 2. The summed E-state index contributed by atoms with van der Waals surface area (Å²) in [6.07, 6.45) is 33.0. The van der Waals surface area contributed by atoms with Gasteiger partial charge in [0.05, 0.1) is 5.60 Å². The fourth-order valence-corrected chi connectivity index (χ4v) is 5.00. The first-order chi connectivity index (χ1) is 15.7. The second-order valence-corrected chi connectivity index (χ2v) is 10.6. The van der Waals surface area contributed by atoms with Crippen LogP contribution in [0.2, 0.25) is 0 Å². The van der Waals surface area contributed by atoms with E-state index in [4.69, 9.17) is 5.11 Å². The van der Waals surface area contributed by atoms with Crippen molar-refractivity contribution in [1.82, 2.24) is 0 Å². The average Bonchev–Trinajstić information content (AvgIpc) is 2.79. The molecular formula is C30H62O2. The van der Waals surface area contributed by atoms with Crippen molar-refractivity contribution < 1.29 is 10.2 Å². The van der Waals surface area contributed by atoms with E-state index in [1.165, 1.54) is 128 Å². The van der Waals surface area contributed by atoms with Crippen molar-refractivity contribution in [2.75, 3.05) is 6.61 Å². The van der Waals surface area contributed by atoms with Gasteiger partial charge in [-0.2, -0.15) is 0 Å². The summed E-state index contributed by atoms with van der Waals surface area (Å²) in [5, 5.41) is 20.3. The molecule has 0 aliphatic heterocycles. The van der Waals surface area contributed by atoms with Gasteiger partial charge in [0.15, 0.2) is 0 Å². The summed E-state index contributed by atoms with van der Waals surface area (Å²) in [6.45, 7) is 4.85. The molecule has 0 aromatic rings. The lowest BCUT2D eigenvalue weighted by Gasteiger charge is -2.28. The van der Waals surface area contributed by atoms with Gasteiger partial charge in [-0.15, -0.1) is 0 Å². The molecule has 0 fully saturated rings. The minimum Gasteiger partial charge on any atom is -0.396 e. The Morgan fingerprint density at radius 3 is 0.906 bits per heavy atom. The Kier molecular flexibility index (Phi) is 25.5. The summed E-state index contributed by atoms with van der Waals surface area (Å²) in [7, 11) is 0. The van der Waals surface area contributed by atoms with Crippen LogP contribution in [0.25, 0.3) is 0 Å². The second-order valence-electron chi connectivity index (χ2n) is 10.6. The number of aliphatic hydroxyl groups is 2. The first kappa shape index (κ1) is 31.9. The summed E-state index contributed by atoms with van der Waals surface area (Å²) < 4.78 is 0. The molecule has 0 aliphatic carbocycles. The largest absolute Gasteiger partial charge is 0.396 e. The molecule has 194 valence electrons. The Labute approximate surface area is 203 Å². The Balaban J connectivity index is 3.88. The van der Waals surface area contributed by atoms with Crippen LogP contribution in [-0.4, -0.2) is 22.4 Å². The van der Waals surface area contributed by atoms with E-state index in [0.29, 0.717) is 0 Å². The van der Waals surface area contributed by atoms with Crippen molar-refractivity contribution in [2.45, 2.75) is 186 Å². The van der Waals surface area contributed by atoms with Crippen LogP contribution in [0.15, 0.2) is 0 Å². The van der Waals surface area contributed by atoms with E-state index in [1.54, 1.807) is 0 Å². The molecule has 0 aliphatic rings. The standard InChI is InChI=1S/C30H62O2/c1-3-5-7-9-11-13-15-17-19-22-26-30(32,28-24-21-25-29-31)27-23-20-18-16-14-12-10-8-6-4-2/h31-32H,3-29H2,1-2H3. The molecule has 0 heterocycles. The highest BCUT2D eigenvalue weighted by molar-refractivity contribution is 4.78. The number of aliphatic hydroxyl groups excluding tert-OH is 1. The quantitative estimate of drug-likeness (QED) is 0.121. The maximum atomic E-state index is 11.3. The van der Waals surface area contributed by atoms with E-state index in [1.807, 2.05) is 0 Å². The maximum Gasteiger partial charge on any atom is 0.0647 e. The molecule has 0 atom stereocenters. The second kappa shape index (κ2) is 25.5. The predicted molar refractivity (Wildman–Crippen MR) is 143 cm³/mol. The summed E-state index contributed by atoms with van der Waals surface area (Å²) in [5.41, 5.74) is -0.449. The summed E-state index contributed by atoms with van der Waals surface area (Å²) in [5.74, 6) is 0. The van der Waals surface area contributed by atoms with E-state index in [2.05, 4.69) is 13.8 Å². The van der Waals surface area contributed by atoms with Gasteiger partial charge in [0.2, 0.25) is 0 Å². The monoisotopic (exact) mass is 454 g/mol. The first-order valence-electron chi connectivity index (χ1n) is 15.0. The third-order valence-electron chi connectivity index (χ3n) is 7.29. The first-order valence-corrected chi connectivity index (χ1v) is 15.0. The van der Waals surface area contributed by atoms with E-state index >= 15 is 0 Å². The van der Waals surface area contributed by atoms with E-state index in [0.717, 1.165) is 38.5 Å². The van der Waals surface area contributed by atoms with Gasteiger partial charge in [0, 0.05) is 6.61 Å². The molecule has 0 rings (SSSR count). The zero-order chi connectivity index (χ0) is 23.6. The van der Waals surface area contributed by atoms with Crippen LogP contribution in [-0.2, 0) is 0 Å². The summed E-state index contributed by atoms with van der Waals surface area (Å²) in [6, 6.07) is 0. The lowest BCUT2D eigenvalue weighted by Crippen LogP contribution is -2.28. The van der Waals surface area contributed by atoms with Gasteiger partial charge in [-0.1, -0.05) is 155 Å². The molecule has 0 radical (unpaired) electrons. The van der Waals surface area contributed by atoms with E-state index in [-0.39, 0.29) is 6.61 Å². The van der Waals surface area contributed by atoms with Crippen molar-refractivity contribution in [2.24, 2.45) is 0 Å². The van der Waals surface area contributed by atoms with Crippen LogP contribution < -0.4 is 0 Å². The fraction of sp³-hybridized carbons (Fsp3) is 1.00. The maximum absolute atomic E-state index is 11.3. The minimum absolute atomic E-state index is 0.287. The number of hydrogen-bond acceptors (Lipinski definition) is 2. The molecule has 2 N–H and O–H groups in total. The summed E-state index contributed by atoms with van der Waals surface area (Å²) >= 11 is 0. The molecule has 2 nitrogen and oxygen atoms in total. The molecule has 0 aromatic carbocycles. The van der Waals surface area contributed by atoms with Crippen molar-refractivity contribution in [1.29, 1.82) is 0 Å². The zero-order valence-electron chi connectivity index (χ0n) is 22.5. The van der Waals surface area contributed by atoms with Crippen molar-refractivity contribution in [3.05, 3.63) is 0 Å². The third-order valence-corrected chi connectivity index (χ3v) is 7.29. The van der Waals surface area contributed by atoms with Gasteiger partial charge >= 0.3 is 0 Å². The Bertz CT molecular complexity index is 318. The van der Waals surface area contributed by atoms with Crippen LogP contribution in [0.3, 0.4) is 0 Å². The van der Waals surface area contributed by atoms with Crippen molar-refractivity contribution in [3.63, 3.8) is 0 Å². The molecule has 0 saturated carbocycles. The van der Waals surface area contributed by atoms with Gasteiger partial charge < -0.3 is 10.2 Å². The van der Waals surface area contributed by atoms with Gasteiger partial charge in [-0.05, 0) is 25.7 Å². The van der Waals surface area contributed by atoms with Gasteiger partial charge in [-0.25, -0.2) is 0 Å². The Morgan fingerprint density at radius 2 is 0.625 bits per heavy atom.